The first-order valence-corrected chi connectivity index (χ1v) is 7.79. The van der Waals surface area contributed by atoms with Crippen molar-refractivity contribution in [3.8, 4) is 0 Å². The standard InChI is InChI=1S/C15H17N3O2S/c1-18(9-6-10-4-7-16-8-5-10)15-17-13-11(14(19)20)2-3-12(13)21-15/h4-5,7-8,11H,2-3,6,9H2,1H3,(H,19,20). The van der Waals surface area contributed by atoms with Gasteiger partial charge in [0.1, 0.15) is 5.92 Å². The van der Waals surface area contributed by atoms with E-state index in [2.05, 4.69) is 14.9 Å². The summed E-state index contributed by atoms with van der Waals surface area (Å²) in [5, 5.41) is 10.1. The Morgan fingerprint density at radius 2 is 2.24 bits per heavy atom. The quantitative estimate of drug-likeness (QED) is 0.918. The molecule has 0 bridgehead atoms. The number of thiazole rings is 1. The number of carboxylic acids is 1. The molecule has 0 fully saturated rings. The number of aryl methyl sites for hydroxylation is 1. The zero-order chi connectivity index (χ0) is 14.8. The molecule has 2 aromatic rings. The number of aromatic nitrogens is 2. The maximum Gasteiger partial charge on any atom is 0.312 e. The zero-order valence-electron chi connectivity index (χ0n) is 11.8. The Morgan fingerprint density at radius 3 is 2.95 bits per heavy atom. The van der Waals surface area contributed by atoms with Gasteiger partial charge in [-0.05, 0) is 37.0 Å². The van der Waals surface area contributed by atoms with Gasteiger partial charge in [0.2, 0.25) is 0 Å². The van der Waals surface area contributed by atoms with Crippen LogP contribution in [0.3, 0.4) is 0 Å². The van der Waals surface area contributed by atoms with Gasteiger partial charge in [0.15, 0.2) is 5.13 Å². The second kappa shape index (κ2) is 5.81. The van der Waals surface area contributed by atoms with Crippen LogP contribution in [0.25, 0.3) is 0 Å². The Morgan fingerprint density at radius 1 is 1.48 bits per heavy atom. The molecule has 1 aliphatic rings. The minimum absolute atomic E-state index is 0.418. The zero-order valence-corrected chi connectivity index (χ0v) is 12.6. The number of likely N-dealkylation sites (N-methyl/N-ethyl adjacent to an activating group) is 1. The number of aliphatic carboxylic acids is 1. The van der Waals surface area contributed by atoms with Crippen molar-refractivity contribution >= 4 is 22.4 Å². The minimum atomic E-state index is -0.759. The summed E-state index contributed by atoms with van der Waals surface area (Å²) < 4.78 is 0. The molecular weight excluding hydrogens is 286 g/mol. The predicted octanol–water partition coefficient (Wildman–Crippen LogP) is 2.33. The molecule has 21 heavy (non-hydrogen) atoms. The van der Waals surface area contributed by atoms with Crippen molar-refractivity contribution in [3.63, 3.8) is 0 Å². The van der Waals surface area contributed by atoms with Crippen molar-refractivity contribution in [2.45, 2.75) is 25.2 Å². The van der Waals surface area contributed by atoms with E-state index >= 15 is 0 Å². The van der Waals surface area contributed by atoms with Gasteiger partial charge in [0.25, 0.3) is 0 Å². The SMILES string of the molecule is CN(CCc1ccncc1)c1nc2c(s1)CCC2C(=O)O. The third-order valence-corrected chi connectivity index (χ3v) is 5.06. The number of hydrogen-bond acceptors (Lipinski definition) is 5. The molecule has 3 rings (SSSR count). The van der Waals surface area contributed by atoms with Crippen LogP contribution in [0.5, 0.6) is 0 Å². The average molecular weight is 303 g/mol. The lowest BCUT2D eigenvalue weighted by molar-refractivity contribution is -0.138. The maximum absolute atomic E-state index is 11.2. The third-order valence-electron chi connectivity index (χ3n) is 3.82. The fraction of sp³-hybridized carbons (Fsp3) is 0.400. The van der Waals surface area contributed by atoms with Gasteiger partial charge < -0.3 is 10.0 Å². The van der Waals surface area contributed by atoms with E-state index in [1.54, 1.807) is 23.7 Å². The van der Waals surface area contributed by atoms with E-state index in [4.69, 9.17) is 0 Å². The average Bonchev–Trinajstić information content (AvgIpc) is 3.05. The molecular formula is C15H17N3O2S. The smallest absolute Gasteiger partial charge is 0.312 e. The van der Waals surface area contributed by atoms with Gasteiger partial charge in [-0.25, -0.2) is 4.98 Å². The molecule has 1 unspecified atom stereocenters. The summed E-state index contributed by atoms with van der Waals surface area (Å²) in [4.78, 5) is 23.0. The summed E-state index contributed by atoms with van der Waals surface area (Å²) in [5.41, 5.74) is 2.02. The van der Waals surface area contributed by atoms with Crippen molar-refractivity contribution in [3.05, 3.63) is 40.7 Å². The van der Waals surface area contributed by atoms with Gasteiger partial charge in [0.05, 0.1) is 5.69 Å². The molecule has 2 aromatic heterocycles. The molecule has 2 heterocycles. The van der Waals surface area contributed by atoms with Crippen molar-refractivity contribution in [1.29, 1.82) is 0 Å². The number of rotatable bonds is 5. The van der Waals surface area contributed by atoms with Gasteiger partial charge >= 0.3 is 5.97 Å². The number of anilines is 1. The fourth-order valence-corrected chi connectivity index (χ4v) is 3.68. The first-order valence-electron chi connectivity index (χ1n) is 6.97. The molecule has 0 aliphatic heterocycles. The van der Waals surface area contributed by atoms with Crippen LogP contribution in [-0.4, -0.2) is 34.6 Å². The Balaban J connectivity index is 1.68. The number of nitrogens with zero attached hydrogens (tertiary/aromatic N) is 3. The molecule has 0 aromatic carbocycles. The first kappa shape index (κ1) is 14.0. The monoisotopic (exact) mass is 303 g/mol. The number of pyridine rings is 1. The van der Waals surface area contributed by atoms with E-state index in [1.807, 2.05) is 19.2 Å². The minimum Gasteiger partial charge on any atom is -0.481 e. The largest absolute Gasteiger partial charge is 0.481 e. The summed E-state index contributed by atoms with van der Waals surface area (Å²) in [6, 6.07) is 4.02. The molecule has 0 spiro atoms. The number of fused-ring (bicyclic) bond motifs is 1. The van der Waals surface area contributed by atoms with Gasteiger partial charge in [-0.15, -0.1) is 11.3 Å². The summed E-state index contributed by atoms with van der Waals surface area (Å²) in [6.45, 7) is 0.855. The van der Waals surface area contributed by atoms with Crippen molar-refractivity contribution in [2.24, 2.45) is 0 Å². The highest BCUT2D eigenvalue weighted by atomic mass is 32.1. The topological polar surface area (TPSA) is 66.3 Å². The maximum atomic E-state index is 11.2. The lowest BCUT2D eigenvalue weighted by Crippen LogP contribution is -2.20. The van der Waals surface area contributed by atoms with E-state index in [1.165, 1.54) is 5.56 Å². The molecule has 0 saturated heterocycles. The van der Waals surface area contributed by atoms with Crippen molar-refractivity contribution in [2.75, 3.05) is 18.5 Å². The molecule has 0 saturated carbocycles. The summed E-state index contributed by atoms with van der Waals surface area (Å²) >= 11 is 1.63. The van der Waals surface area contributed by atoms with Gasteiger partial charge in [-0.3, -0.25) is 9.78 Å². The van der Waals surface area contributed by atoms with Crippen LogP contribution >= 0.6 is 11.3 Å². The molecule has 1 N–H and O–H groups in total. The Bertz CT molecular complexity index is 642. The van der Waals surface area contributed by atoms with Gasteiger partial charge in [-0.1, -0.05) is 0 Å². The van der Waals surface area contributed by atoms with Crippen molar-refractivity contribution in [1.82, 2.24) is 9.97 Å². The molecule has 5 nitrogen and oxygen atoms in total. The lowest BCUT2D eigenvalue weighted by atomic mass is 10.1. The van der Waals surface area contributed by atoms with Gasteiger partial charge in [0, 0.05) is 30.9 Å². The number of carboxylic acid groups (broad SMARTS) is 1. The highest BCUT2D eigenvalue weighted by molar-refractivity contribution is 7.15. The predicted molar refractivity (Wildman–Crippen MR) is 82.0 cm³/mol. The third kappa shape index (κ3) is 2.90. The summed E-state index contributed by atoms with van der Waals surface area (Å²) in [7, 11) is 2.00. The van der Waals surface area contributed by atoms with Crippen LogP contribution in [0, 0.1) is 0 Å². The van der Waals surface area contributed by atoms with Crippen molar-refractivity contribution < 1.29 is 9.90 Å². The number of hydrogen-bond donors (Lipinski definition) is 1. The van der Waals surface area contributed by atoms with E-state index in [9.17, 15) is 9.90 Å². The molecule has 110 valence electrons. The van der Waals surface area contributed by atoms with Crippen LogP contribution in [0.4, 0.5) is 5.13 Å². The van der Waals surface area contributed by atoms with Crippen LogP contribution in [0.1, 0.15) is 28.5 Å². The van der Waals surface area contributed by atoms with Gasteiger partial charge in [-0.2, -0.15) is 0 Å². The lowest BCUT2D eigenvalue weighted by Gasteiger charge is -2.15. The summed E-state index contributed by atoms with van der Waals surface area (Å²) in [6.07, 6.45) is 6.04. The van der Waals surface area contributed by atoms with Crippen LogP contribution in [0.15, 0.2) is 24.5 Å². The highest BCUT2D eigenvalue weighted by Crippen LogP contribution is 2.39. The Hall–Kier alpha value is -1.95. The molecule has 0 radical (unpaired) electrons. The fourth-order valence-electron chi connectivity index (χ4n) is 2.56. The Labute approximate surface area is 127 Å². The van der Waals surface area contributed by atoms with Crippen LogP contribution < -0.4 is 4.90 Å². The first-order chi connectivity index (χ1) is 10.1. The summed E-state index contributed by atoms with van der Waals surface area (Å²) in [5.74, 6) is -1.18. The molecule has 6 heteroatoms. The molecule has 1 atom stereocenters. The highest BCUT2D eigenvalue weighted by Gasteiger charge is 2.32. The van der Waals surface area contributed by atoms with Crippen LogP contribution in [0.2, 0.25) is 0 Å². The van der Waals surface area contributed by atoms with E-state index < -0.39 is 11.9 Å². The van der Waals surface area contributed by atoms with E-state index in [0.29, 0.717) is 6.42 Å². The Kier molecular flexibility index (Phi) is 3.88. The second-order valence-corrected chi connectivity index (χ2v) is 6.32. The molecule has 1 aliphatic carbocycles. The second-order valence-electron chi connectivity index (χ2n) is 5.26. The van der Waals surface area contributed by atoms with Crippen LogP contribution in [-0.2, 0) is 17.6 Å². The van der Waals surface area contributed by atoms with E-state index in [-0.39, 0.29) is 0 Å². The number of carbonyl (C=O) groups is 1. The van der Waals surface area contributed by atoms with E-state index in [0.717, 1.165) is 35.1 Å². The molecule has 0 amide bonds. The normalized spacial score (nSPS) is 16.7.